The Labute approximate surface area is 139 Å². The Morgan fingerprint density at radius 2 is 1.79 bits per heavy atom. The Balaban J connectivity index is 1.94. The van der Waals surface area contributed by atoms with E-state index in [0.29, 0.717) is 11.6 Å². The third-order valence-electron chi connectivity index (χ3n) is 4.75. The van der Waals surface area contributed by atoms with Crippen molar-refractivity contribution in [2.75, 3.05) is 0 Å². The van der Waals surface area contributed by atoms with Gasteiger partial charge in [0.1, 0.15) is 11.6 Å². The van der Waals surface area contributed by atoms with Crippen molar-refractivity contribution < 1.29 is 15.0 Å². The zero-order chi connectivity index (χ0) is 16.7. The van der Waals surface area contributed by atoms with Crippen LogP contribution in [0.25, 0.3) is 22.4 Å². The SMILES string of the molecule is O=C(O)c1ccc2c(c1)nc(-c1ccc(O)cc1)n2C1CCCC1. The number of phenols is 1. The van der Waals surface area contributed by atoms with Crippen LogP contribution < -0.4 is 0 Å². The molecule has 1 aliphatic rings. The average molecular weight is 322 g/mol. The predicted octanol–water partition coefficient (Wildman–Crippen LogP) is 4.22. The van der Waals surface area contributed by atoms with Crippen molar-refractivity contribution in [3.8, 4) is 17.1 Å². The average Bonchev–Trinajstić information content (AvgIpc) is 3.21. The highest BCUT2D eigenvalue weighted by Gasteiger charge is 2.23. The van der Waals surface area contributed by atoms with Gasteiger partial charge in [0.2, 0.25) is 0 Å². The Morgan fingerprint density at radius 3 is 2.46 bits per heavy atom. The number of fused-ring (bicyclic) bond motifs is 1. The number of hydrogen-bond acceptors (Lipinski definition) is 3. The van der Waals surface area contributed by atoms with Gasteiger partial charge in [-0.2, -0.15) is 0 Å². The van der Waals surface area contributed by atoms with Crippen LogP contribution >= 0.6 is 0 Å². The van der Waals surface area contributed by atoms with Crippen LogP contribution in [0.15, 0.2) is 42.5 Å². The lowest BCUT2D eigenvalue weighted by atomic mass is 10.1. The highest BCUT2D eigenvalue weighted by molar-refractivity contribution is 5.93. The van der Waals surface area contributed by atoms with E-state index in [1.54, 1.807) is 24.3 Å². The molecule has 5 heteroatoms. The molecule has 0 amide bonds. The number of phenolic OH excluding ortho intramolecular Hbond substituents is 1. The highest BCUT2D eigenvalue weighted by atomic mass is 16.4. The normalized spacial score (nSPS) is 15.2. The summed E-state index contributed by atoms with van der Waals surface area (Å²) in [6.45, 7) is 0. The van der Waals surface area contributed by atoms with E-state index in [4.69, 9.17) is 4.98 Å². The molecule has 0 bridgehead atoms. The quantitative estimate of drug-likeness (QED) is 0.757. The summed E-state index contributed by atoms with van der Waals surface area (Å²) in [5.74, 6) is 0.105. The molecule has 0 unspecified atom stereocenters. The maximum absolute atomic E-state index is 11.2. The number of carboxylic acid groups (broad SMARTS) is 1. The minimum atomic E-state index is -0.946. The molecule has 24 heavy (non-hydrogen) atoms. The molecule has 1 fully saturated rings. The second-order valence-electron chi connectivity index (χ2n) is 6.30. The summed E-state index contributed by atoms with van der Waals surface area (Å²) in [6, 6.07) is 12.5. The number of hydrogen-bond donors (Lipinski definition) is 2. The number of carboxylic acids is 1. The third-order valence-corrected chi connectivity index (χ3v) is 4.75. The molecule has 0 saturated heterocycles. The molecule has 5 nitrogen and oxygen atoms in total. The predicted molar refractivity (Wildman–Crippen MR) is 91.3 cm³/mol. The summed E-state index contributed by atoms with van der Waals surface area (Å²) in [4.78, 5) is 16.0. The summed E-state index contributed by atoms with van der Waals surface area (Å²) < 4.78 is 2.24. The van der Waals surface area contributed by atoms with Gasteiger partial charge >= 0.3 is 5.97 Å². The number of imidazole rings is 1. The molecule has 0 aliphatic heterocycles. The van der Waals surface area contributed by atoms with Crippen molar-refractivity contribution in [2.45, 2.75) is 31.7 Å². The van der Waals surface area contributed by atoms with Gasteiger partial charge in [-0.05, 0) is 55.3 Å². The molecule has 2 N–H and O–H groups in total. The lowest BCUT2D eigenvalue weighted by Gasteiger charge is -2.16. The fourth-order valence-electron chi connectivity index (χ4n) is 3.58. The first-order chi connectivity index (χ1) is 11.6. The summed E-state index contributed by atoms with van der Waals surface area (Å²) in [6.07, 6.45) is 4.62. The molecular weight excluding hydrogens is 304 g/mol. The standard InChI is InChI=1S/C19H18N2O3/c22-15-8-5-12(6-9-15)18-20-16-11-13(19(23)24)7-10-17(16)21(18)14-3-1-2-4-14/h5-11,14,22H,1-4H2,(H,23,24). The Kier molecular flexibility index (Phi) is 3.49. The summed E-state index contributed by atoms with van der Waals surface area (Å²) in [5, 5.41) is 18.7. The van der Waals surface area contributed by atoms with E-state index in [1.165, 1.54) is 12.8 Å². The maximum Gasteiger partial charge on any atom is 0.335 e. The van der Waals surface area contributed by atoms with Gasteiger partial charge in [0.05, 0.1) is 16.6 Å². The molecule has 122 valence electrons. The van der Waals surface area contributed by atoms with Gasteiger partial charge in [-0.25, -0.2) is 9.78 Å². The van der Waals surface area contributed by atoms with E-state index in [-0.39, 0.29) is 11.3 Å². The van der Waals surface area contributed by atoms with Crippen molar-refractivity contribution in [1.29, 1.82) is 0 Å². The van der Waals surface area contributed by atoms with Crippen LogP contribution in [0.4, 0.5) is 0 Å². The van der Waals surface area contributed by atoms with Gasteiger partial charge in [-0.15, -0.1) is 0 Å². The zero-order valence-electron chi connectivity index (χ0n) is 13.1. The zero-order valence-corrected chi connectivity index (χ0v) is 13.1. The van der Waals surface area contributed by atoms with Crippen LogP contribution in [-0.4, -0.2) is 25.7 Å². The maximum atomic E-state index is 11.2. The van der Waals surface area contributed by atoms with E-state index in [1.807, 2.05) is 18.2 Å². The van der Waals surface area contributed by atoms with Crippen LogP contribution in [-0.2, 0) is 0 Å². The molecule has 0 radical (unpaired) electrons. The lowest BCUT2D eigenvalue weighted by Crippen LogP contribution is -2.06. The first-order valence-corrected chi connectivity index (χ1v) is 8.18. The Bertz CT molecular complexity index is 906. The van der Waals surface area contributed by atoms with Gasteiger partial charge < -0.3 is 14.8 Å². The molecule has 1 aromatic heterocycles. The van der Waals surface area contributed by atoms with Gasteiger partial charge in [0.25, 0.3) is 0 Å². The number of aromatic carboxylic acids is 1. The second-order valence-corrected chi connectivity index (χ2v) is 6.30. The van der Waals surface area contributed by atoms with Gasteiger partial charge in [-0.1, -0.05) is 12.8 Å². The number of aromatic hydroxyl groups is 1. The van der Waals surface area contributed by atoms with E-state index in [0.717, 1.165) is 29.7 Å². The van der Waals surface area contributed by atoms with Crippen molar-refractivity contribution in [2.24, 2.45) is 0 Å². The molecular formula is C19H18N2O3. The first-order valence-electron chi connectivity index (χ1n) is 8.18. The summed E-state index contributed by atoms with van der Waals surface area (Å²) in [7, 11) is 0. The molecule has 1 aliphatic carbocycles. The summed E-state index contributed by atoms with van der Waals surface area (Å²) in [5.41, 5.74) is 2.84. The van der Waals surface area contributed by atoms with E-state index >= 15 is 0 Å². The van der Waals surface area contributed by atoms with Crippen LogP contribution in [0, 0.1) is 0 Å². The number of aromatic nitrogens is 2. The third kappa shape index (κ3) is 2.42. The van der Waals surface area contributed by atoms with Crippen molar-refractivity contribution in [3.63, 3.8) is 0 Å². The molecule has 1 heterocycles. The van der Waals surface area contributed by atoms with Crippen LogP contribution in [0.5, 0.6) is 5.75 Å². The van der Waals surface area contributed by atoms with Crippen molar-refractivity contribution in [3.05, 3.63) is 48.0 Å². The first kappa shape index (κ1) is 14.8. The second kappa shape index (κ2) is 5.67. The van der Waals surface area contributed by atoms with Gasteiger partial charge in [0.15, 0.2) is 0 Å². The molecule has 3 aromatic rings. The molecule has 1 saturated carbocycles. The van der Waals surface area contributed by atoms with Crippen LogP contribution in [0.1, 0.15) is 42.1 Å². The highest BCUT2D eigenvalue weighted by Crippen LogP contribution is 2.37. The van der Waals surface area contributed by atoms with Crippen LogP contribution in [0.3, 0.4) is 0 Å². The number of benzene rings is 2. The van der Waals surface area contributed by atoms with Gasteiger partial charge in [-0.3, -0.25) is 0 Å². The van der Waals surface area contributed by atoms with Crippen molar-refractivity contribution in [1.82, 2.24) is 9.55 Å². The van der Waals surface area contributed by atoms with E-state index < -0.39 is 5.97 Å². The molecule has 0 atom stereocenters. The number of carbonyl (C=O) groups is 1. The molecule has 0 spiro atoms. The minimum absolute atomic E-state index is 0.218. The van der Waals surface area contributed by atoms with Crippen LogP contribution in [0.2, 0.25) is 0 Å². The fraction of sp³-hybridized carbons (Fsp3) is 0.263. The molecule has 4 rings (SSSR count). The largest absolute Gasteiger partial charge is 0.508 e. The topological polar surface area (TPSA) is 75.3 Å². The number of nitrogens with zero attached hydrogens (tertiary/aromatic N) is 2. The fourth-order valence-corrected chi connectivity index (χ4v) is 3.58. The Hall–Kier alpha value is -2.82. The van der Waals surface area contributed by atoms with Gasteiger partial charge in [0, 0.05) is 11.6 Å². The summed E-state index contributed by atoms with van der Waals surface area (Å²) >= 11 is 0. The number of rotatable bonds is 3. The van der Waals surface area contributed by atoms with E-state index in [2.05, 4.69) is 4.57 Å². The smallest absolute Gasteiger partial charge is 0.335 e. The monoisotopic (exact) mass is 322 g/mol. The molecule has 2 aromatic carbocycles. The minimum Gasteiger partial charge on any atom is -0.508 e. The van der Waals surface area contributed by atoms with E-state index in [9.17, 15) is 15.0 Å². The van der Waals surface area contributed by atoms with Crippen molar-refractivity contribution >= 4 is 17.0 Å². The Morgan fingerprint density at radius 1 is 1.08 bits per heavy atom. The lowest BCUT2D eigenvalue weighted by molar-refractivity contribution is 0.0697.